The maximum atomic E-state index is 13.3. The van der Waals surface area contributed by atoms with Crippen LogP contribution < -0.4 is 15.4 Å². The molecule has 1 atom stereocenters. The lowest BCUT2D eigenvalue weighted by molar-refractivity contribution is -0.135. The van der Waals surface area contributed by atoms with E-state index in [-0.39, 0.29) is 17.9 Å². The average molecular weight is 449 g/mol. The lowest BCUT2D eigenvalue weighted by atomic mass is 9.88. The first-order chi connectivity index (χ1) is 16.0. The monoisotopic (exact) mass is 448 g/mol. The summed E-state index contributed by atoms with van der Waals surface area (Å²) in [7, 11) is 1.68. The lowest BCUT2D eigenvalue weighted by Crippen LogP contribution is -2.53. The average Bonchev–Trinajstić information content (AvgIpc) is 3.26. The largest absolute Gasteiger partial charge is 0.497 e. The maximum absolute atomic E-state index is 13.3. The van der Waals surface area contributed by atoms with Gasteiger partial charge in [0.05, 0.1) is 7.11 Å². The summed E-state index contributed by atoms with van der Waals surface area (Å²) in [4.78, 5) is 31.0. The van der Waals surface area contributed by atoms with Crippen molar-refractivity contribution in [2.45, 2.75) is 38.6 Å². The molecule has 0 spiro atoms. The van der Waals surface area contributed by atoms with Gasteiger partial charge in [-0.2, -0.15) is 0 Å². The molecule has 0 aliphatic carbocycles. The first-order valence-electron chi connectivity index (χ1n) is 11.5. The Kier molecular flexibility index (Phi) is 6.87. The van der Waals surface area contributed by atoms with Crippen LogP contribution in [0.1, 0.15) is 38.2 Å². The van der Waals surface area contributed by atoms with Gasteiger partial charge < -0.3 is 25.3 Å². The number of carbonyl (C=O) groups is 2. The molecule has 2 aromatic carbocycles. The zero-order chi connectivity index (χ0) is 23.4. The van der Waals surface area contributed by atoms with Gasteiger partial charge in [0.1, 0.15) is 11.8 Å². The topological polar surface area (TPSA) is 86.5 Å². The number of anilines is 1. The van der Waals surface area contributed by atoms with E-state index in [1.54, 1.807) is 7.11 Å². The number of rotatable bonds is 6. The molecular weight excluding hydrogens is 416 g/mol. The van der Waals surface area contributed by atoms with E-state index >= 15 is 0 Å². The molecular formula is C26H32N4O3. The number of nitrogens with zero attached hydrogens (tertiary/aromatic N) is 1. The predicted molar refractivity (Wildman–Crippen MR) is 131 cm³/mol. The predicted octanol–water partition coefficient (Wildman–Crippen LogP) is 4.73. The van der Waals surface area contributed by atoms with Crippen LogP contribution in [-0.2, 0) is 4.79 Å². The van der Waals surface area contributed by atoms with Crippen LogP contribution in [0.5, 0.6) is 5.75 Å². The molecule has 1 unspecified atom stereocenters. The summed E-state index contributed by atoms with van der Waals surface area (Å²) in [6.07, 6.45) is 3.85. The van der Waals surface area contributed by atoms with E-state index < -0.39 is 6.04 Å². The first-order valence-corrected chi connectivity index (χ1v) is 11.5. The Morgan fingerprint density at radius 1 is 1.09 bits per heavy atom. The summed E-state index contributed by atoms with van der Waals surface area (Å²) < 4.78 is 5.39. The van der Waals surface area contributed by atoms with Crippen LogP contribution in [0, 0.1) is 5.92 Å². The normalized spacial score (nSPS) is 15.5. The van der Waals surface area contributed by atoms with Gasteiger partial charge in [0.25, 0.3) is 0 Å². The molecule has 0 radical (unpaired) electrons. The number of piperidine rings is 1. The number of nitrogens with one attached hydrogen (secondary N) is 3. The van der Waals surface area contributed by atoms with Crippen LogP contribution in [0.15, 0.2) is 54.7 Å². The van der Waals surface area contributed by atoms with Crippen LogP contribution in [0.3, 0.4) is 0 Å². The second kappa shape index (κ2) is 9.98. The minimum absolute atomic E-state index is 0.0159. The molecule has 7 heteroatoms. The van der Waals surface area contributed by atoms with Crippen molar-refractivity contribution in [2.75, 3.05) is 25.5 Å². The number of likely N-dealkylation sites (tertiary alicyclic amines) is 1. The van der Waals surface area contributed by atoms with Gasteiger partial charge in [-0.3, -0.25) is 4.79 Å². The number of aromatic amines is 1. The molecule has 1 aliphatic rings. The summed E-state index contributed by atoms with van der Waals surface area (Å²) in [5.41, 5.74) is 3.07. The molecule has 1 saturated heterocycles. The number of fused-ring (bicyclic) bond motifs is 1. The number of para-hydroxylation sites is 1. The Morgan fingerprint density at radius 3 is 2.48 bits per heavy atom. The van der Waals surface area contributed by atoms with Gasteiger partial charge in [-0.25, -0.2) is 4.79 Å². The van der Waals surface area contributed by atoms with Crippen LogP contribution in [0.25, 0.3) is 10.9 Å². The Bertz CT molecular complexity index is 1100. The van der Waals surface area contributed by atoms with E-state index in [0.717, 1.165) is 24.1 Å². The molecule has 0 bridgehead atoms. The van der Waals surface area contributed by atoms with Gasteiger partial charge >= 0.3 is 6.03 Å². The van der Waals surface area contributed by atoms with E-state index in [1.165, 1.54) is 10.9 Å². The maximum Gasteiger partial charge on any atom is 0.319 e. The van der Waals surface area contributed by atoms with E-state index in [4.69, 9.17) is 4.74 Å². The van der Waals surface area contributed by atoms with Gasteiger partial charge in [-0.1, -0.05) is 32.0 Å². The molecule has 3 N–H and O–H groups in total. The van der Waals surface area contributed by atoms with Gasteiger partial charge in [0, 0.05) is 35.9 Å². The summed E-state index contributed by atoms with van der Waals surface area (Å²) in [6, 6.07) is 14.4. The number of aromatic nitrogens is 1. The number of urea groups is 1. The SMILES string of the molecule is COc1ccc2[nH]cc(C3CCN(C(=O)C(NC(=O)Nc4ccccc4)C(C)C)CC3)c2c1. The highest BCUT2D eigenvalue weighted by atomic mass is 16.5. The molecule has 33 heavy (non-hydrogen) atoms. The fraction of sp³-hybridized carbons (Fsp3) is 0.385. The third-order valence-electron chi connectivity index (χ3n) is 6.42. The van der Waals surface area contributed by atoms with Crippen molar-refractivity contribution in [2.24, 2.45) is 5.92 Å². The molecule has 2 heterocycles. The molecule has 1 aliphatic heterocycles. The van der Waals surface area contributed by atoms with Gasteiger partial charge in [-0.15, -0.1) is 0 Å². The quantitative estimate of drug-likeness (QED) is 0.510. The summed E-state index contributed by atoms with van der Waals surface area (Å²) in [6.45, 7) is 5.26. The zero-order valence-corrected chi connectivity index (χ0v) is 19.4. The molecule has 1 fully saturated rings. The molecule has 7 nitrogen and oxygen atoms in total. The fourth-order valence-corrected chi connectivity index (χ4v) is 4.54. The van der Waals surface area contributed by atoms with Crippen molar-refractivity contribution >= 4 is 28.5 Å². The number of H-pyrrole nitrogens is 1. The zero-order valence-electron chi connectivity index (χ0n) is 19.4. The number of hydrogen-bond donors (Lipinski definition) is 3. The minimum atomic E-state index is -0.567. The number of carbonyl (C=O) groups excluding carboxylic acids is 2. The number of ether oxygens (including phenoxy) is 1. The summed E-state index contributed by atoms with van der Waals surface area (Å²) >= 11 is 0. The number of methoxy groups -OCH3 is 1. The minimum Gasteiger partial charge on any atom is -0.497 e. The van der Waals surface area contributed by atoms with Gasteiger partial charge in [-0.05, 0) is 60.6 Å². The number of benzene rings is 2. The van der Waals surface area contributed by atoms with Crippen molar-refractivity contribution in [3.63, 3.8) is 0 Å². The Labute approximate surface area is 194 Å². The van der Waals surface area contributed by atoms with Gasteiger partial charge in [0.15, 0.2) is 0 Å². The van der Waals surface area contributed by atoms with Crippen molar-refractivity contribution in [1.29, 1.82) is 0 Å². The van der Waals surface area contributed by atoms with Gasteiger partial charge in [0.2, 0.25) is 5.91 Å². The van der Waals surface area contributed by atoms with Crippen molar-refractivity contribution in [3.05, 3.63) is 60.3 Å². The van der Waals surface area contributed by atoms with E-state index in [2.05, 4.69) is 27.9 Å². The second-order valence-electron chi connectivity index (χ2n) is 8.94. The van der Waals surface area contributed by atoms with Crippen molar-refractivity contribution in [1.82, 2.24) is 15.2 Å². The molecule has 0 saturated carbocycles. The van der Waals surface area contributed by atoms with Crippen LogP contribution in [0.2, 0.25) is 0 Å². The molecule has 174 valence electrons. The van der Waals surface area contributed by atoms with E-state index in [9.17, 15) is 9.59 Å². The highest BCUT2D eigenvalue weighted by molar-refractivity contribution is 5.94. The Balaban J connectivity index is 1.38. The Hall–Kier alpha value is -3.48. The molecule has 1 aromatic heterocycles. The van der Waals surface area contributed by atoms with Crippen LogP contribution >= 0.6 is 0 Å². The molecule has 3 amide bonds. The number of hydrogen-bond acceptors (Lipinski definition) is 3. The lowest BCUT2D eigenvalue weighted by Gasteiger charge is -2.35. The second-order valence-corrected chi connectivity index (χ2v) is 8.94. The standard InChI is InChI=1S/C26H32N4O3/c1-17(2)24(29-26(32)28-19-7-5-4-6-8-19)25(31)30-13-11-18(12-14-30)22-16-27-23-10-9-20(33-3)15-21(22)23/h4-10,15-18,24,27H,11-14H2,1-3H3,(H2,28,29,32). The smallest absolute Gasteiger partial charge is 0.319 e. The summed E-state index contributed by atoms with van der Waals surface area (Å²) in [5, 5.41) is 6.86. The first kappa shape index (κ1) is 22.7. The van der Waals surface area contributed by atoms with Crippen LogP contribution in [0.4, 0.5) is 10.5 Å². The Morgan fingerprint density at radius 2 is 1.82 bits per heavy atom. The van der Waals surface area contributed by atoms with E-state index in [1.807, 2.05) is 61.2 Å². The molecule has 4 rings (SSSR count). The van der Waals surface area contributed by atoms with Crippen LogP contribution in [-0.4, -0.2) is 48.1 Å². The highest BCUT2D eigenvalue weighted by Gasteiger charge is 2.32. The number of amides is 3. The summed E-state index contributed by atoms with van der Waals surface area (Å²) in [5.74, 6) is 1.18. The fourth-order valence-electron chi connectivity index (χ4n) is 4.54. The van der Waals surface area contributed by atoms with Crippen molar-refractivity contribution in [3.8, 4) is 5.75 Å². The van der Waals surface area contributed by atoms with E-state index in [0.29, 0.717) is 24.7 Å². The highest BCUT2D eigenvalue weighted by Crippen LogP contribution is 2.35. The molecule has 3 aromatic rings. The third kappa shape index (κ3) is 5.13. The third-order valence-corrected chi connectivity index (χ3v) is 6.42. The van der Waals surface area contributed by atoms with Crippen molar-refractivity contribution < 1.29 is 14.3 Å².